The van der Waals surface area contributed by atoms with E-state index in [4.69, 9.17) is 5.73 Å². The Hall–Kier alpha value is -2.08. The highest BCUT2D eigenvalue weighted by atomic mass is 16.2. The van der Waals surface area contributed by atoms with E-state index in [1.165, 1.54) is 38.5 Å². The molecule has 190 valence electrons. The average molecular weight is 471 g/mol. The van der Waals surface area contributed by atoms with E-state index in [-0.39, 0.29) is 18.4 Å². The SMILES string of the molecule is CCN(CC)CCCN(CC(=O)N(C1CCCCC1)C1CCCCC1)C(=O)c1ccc(N)cc1. The zero-order valence-electron chi connectivity index (χ0n) is 21.5. The van der Waals surface area contributed by atoms with E-state index in [9.17, 15) is 9.59 Å². The molecule has 2 aliphatic carbocycles. The molecule has 1 aromatic rings. The second kappa shape index (κ2) is 13.7. The molecule has 0 aromatic heterocycles. The highest BCUT2D eigenvalue weighted by Gasteiger charge is 2.33. The number of benzene rings is 1. The molecule has 2 amide bonds. The summed E-state index contributed by atoms with van der Waals surface area (Å²) in [5.74, 6) is 0.0746. The Kier molecular flexibility index (Phi) is 10.7. The van der Waals surface area contributed by atoms with Crippen LogP contribution in [0.2, 0.25) is 0 Å². The van der Waals surface area contributed by atoms with Crippen molar-refractivity contribution < 1.29 is 9.59 Å². The van der Waals surface area contributed by atoms with Gasteiger partial charge in [-0.1, -0.05) is 52.4 Å². The molecule has 0 bridgehead atoms. The lowest BCUT2D eigenvalue weighted by molar-refractivity contribution is -0.138. The maximum atomic E-state index is 13.9. The summed E-state index contributed by atoms with van der Waals surface area (Å²) in [5.41, 5.74) is 7.09. The standard InChI is InChI=1S/C28H46N4O2/c1-3-30(4-2)20-11-21-31(28(34)23-16-18-24(29)19-17-23)22-27(33)32(25-12-7-5-8-13-25)26-14-9-6-10-15-26/h16-19,25-26H,3-15,20-22,29H2,1-2H3. The fourth-order valence-electron chi connectivity index (χ4n) is 5.75. The number of rotatable bonds is 11. The van der Waals surface area contributed by atoms with Gasteiger partial charge >= 0.3 is 0 Å². The summed E-state index contributed by atoms with van der Waals surface area (Å²) in [6.45, 7) is 8.02. The lowest BCUT2D eigenvalue weighted by atomic mass is 9.88. The van der Waals surface area contributed by atoms with Crippen LogP contribution in [0.25, 0.3) is 0 Å². The van der Waals surface area contributed by atoms with Gasteiger partial charge in [0.2, 0.25) is 5.91 Å². The fraction of sp³-hybridized carbons (Fsp3) is 0.714. The molecule has 0 heterocycles. The van der Waals surface area contributed by atoms with Gasteiger partial charge in [0.1, 0.15) is 6.54 Å². The third-order valence-corrected chi connectivity index (χ3v) is 7.79. The Bertz CT molecular complexity index is 732. The van der Waals surface area contributed by atoms with E-state index in [1.54, 1.807) is 29.2 Å². The van der Waals surface area contributed by atoms with Crippen LogP contribution in [0, 0.1) is 0 Å². The molecule has 0 saturated heterocycles. The van der Waals surface area contributed by atoms with Crippen molar-refractivity contribution >= 4 is 17.5 Å². The Balaban J connectivity index is 1.75. The predicted molar refractivity (Wildman–Crippen MR) is 140 cm³/mol. The Morgan fingerprint density at radius 2 is 1.35 bits per heavy atom. The average Bonchev–Trinajstić information content (AvgIpc) is 2.87. The molecule has 2 saturated carbocycles. The van der Waals surface area contributed by atoms with Crippen molar-refractivity contribution in [3.63, 3.8) is 0 Å². The molecule has 0 unspecified atom stereocenters. The molecule has 6 heteroatoms. The van der Waals surface area contributed by atoms with Crippen molar-refractivity contribution in [2.75, 3.05) is 38.5 Å². The van der Waals surface area contributed by atoms with Crippen LogP contribution in [0.15, 0.2) is 24.3 Å². The molecular formula is C28H46N4O2. The van der Waals surface area contributed by atoms with E-state index < -0.39 is 0 Å². The number of anilines is 1. The lowest BCUT2D eigenvalue weighted by Gasteiger charge is -2.42. The second-order valence-electron chi connectivity index (χ2n) is 10.1. The summed E-state index contributed by atoms with van der Waals surface area (Å²) in [5, 5.41) is 0. The van der Waals surface area contributed by atoms with Crippen molar-refractivity contribution in [1.29, 1.82) is 0 Å². The Labute approximate surface area is 206 Å². The Morgan fingerprint density at radius 3 is 1.85 bits per heavy atom. The van der Waals surface area contributed by atoms with Crippen LogP contribution < -0.4 is 5.73 Å². The van der Waals surface area contributed by atoms with Crippen LogP contribution in [-0.4, -0.2) is 71.3 Å². The van der Waals surface area contributed by atoms with Crippen LogP contribution >= 0.6 is 0 Å². The highest BCUT2D eigenvalue weighted by molar-refractivity contribution is 5.96. The fourth-order valence-corrected chi connectivity index (χ4v) is 5.75. The van der Waals surface area contributed by atoms with Gasteiger partial charge in [-0.2, -0.15) is 0 Å². The number of nitrogen functional groups attached to an aromatic ring is 1. The molecule has 0 aliphatic heterocycles. The largest absolute Gasteiger partial charge is 0.399 e. The number of hydrogen-bond acceptors (Lipinski definition) is 4. The number of carbonyl (C=O) groups is 2. The van der Waals surface area contributed by atoms with E-state index >= 15 is 0 Å². The summed E-state index contributed by atoms with van der Waals surface area (Å²) >= 11 is 0. The van der Waals surface area contributed by atoms with E-state index in [1.807, 2.05) is 0 Å². The molecule has 6 nitrogen and oxygen atoms in total. The minimum Gasteiger partial charge on any atom is -0.399 e. The maximum Gasteiger partial charge on any atom is 0.254 e. The van der Waals surface area contributed by atoms with Gasteiger partial charge in [-0.3, -0.25) is 9.59 Å². The minimum absolute atomic E-state index is 0.0693. The quantitative estimate of drug-likeness (QED) is 0.465. The van der Waals surface area contributed by atoms with Gasteiger partial charge in [-0.25, -0.2) is 0 Å². The van der Waals surface area contributed by atoms with Crippen LogP contribution in [-0.2, 0) is 4.79 Å². The monoisotopic (exact) mass is 470 g/mol. The van der Waals surface area contributed by atoms with Gasteiger partial charge in [-0.05, 0) is 76.0 Å². The van der Waals surface area contributed by atoms with Crippen LogP contribution in [0.3, 0.4) is 0 Å². The smallest absolute Gasteiger partial charge is 0.254 e. The van der Waals surface area contributed by atoms with Crippen molar-refractivity contribution in [2.45, 2.75) is 96.6 Å². The molecule has 2 aliphatic rings. The number of carbonyl (C=O) groups excluding carboxylic acids is 2. The first-order chi connectivity index (χ1) is 16.5. The van der Waals surface area contributed by atoms with Crippen molar-refractivity contribution in [3.05, 3.63) is 29.8 Å². The van der Waals surface area contributed by atoms with Crippen molar-refractivity contribution in [3.8, 4) is 0 Å². The van der Waals surface area contributed by atoms with Gasteiger partial charge in [0.25, 0.3) is 5.91 Å². The van der Waals surface area contributed by atoms with Crippen molar-refractivity contribution in [1.82, 2.24) is 14.7 Å². The normalized spacial score (nSPS) is 17.6. The lowest BCUT2D eigenvalue weighted by Crippen LogP contribution is -2.53. The highest BCUT2D eigenvalue weighted by Crippen LogP contribution is 2.30. The number of hydrogen-bond donors (Lipinski definition) is 1. The summed E-state index contributed by atoms with van der Waals surface area (Å²) in [7, 11) is 0. The topological polar surface area (TPSA) is 69.9 Å². The molecule has 0 atom stereocenters. The van der Waals surface area contributed by atoms with Crippen LogP contribution in [0.1, 0.15) is 94.8 Å². The first kappa shape index (κ1) is 26.5. The van der Waals surface area contributed by atoms with Gasteiger partial charge in [0.15, 0.2) is 0 Å². The second-order valence-corrected chi connectivity index (χ2v) is 10.1. The zero-order valence-corrected chi connectivity index (χ0v) is 21.5. The summed E-state index contributed by atoms with van der Waals surface area (Å²) < 4.78 is 0. The maximum absolute atomic E-state index is 13.9. The first-order valence-corrected chi connectivity index (χ1v) is 13.7. The molecule has 34 heavy (non-hydrogen) atoms. The van der Waals surface area contributed by atoms with E-state index in [0.29, 0.717) is 29.9 Å². The minimum atomic E-state index is -0.0693. The predicted octanol–water partition coefficient (Wildman–Crippen LogP) is 4.94. The van der Waals surface area contributed by atoms with Crippen LogP contribution in [0.5, 0.6) is 0 Å². The number of amides is 2. The van der Waals surface area contributed by atoms with Gasteiger partial charge in [-0.15, -0.1) is 0 Å². The Morgan fingerprint density at radius 1 is 0.824 bits per heavy atom. The third-order valence-electron chi connectivity index (χ3n) is 7.79. The molecule has 3 rings (SSSR count). The number of nitrogens with zero attached hydrogens (tertiary/aromatic N) is 3. The van der Waals surface area contributed by atoms with Crippen molar-refractivity contribution in [2.24, 2.45) is 0 Å². The molecule has 2 N–H and O–H groups in total. The molecule has 0 spiro atoms. The van der Waals surface area contributed by atoms with E-state index in [2.05, 4.69) is 23.6 Å². The number of nitrogens with two attached hydrogens (primary N) is 1. The molecular weight excluding hydrogens is 424 g/mol. The molecule has 2 fully saturated rings. The molecule has 1 aromatic carbocycles. The summed E-state index contributed by atoms with van der Waals surface area (Å²) in [6.07, 6.45) is 12.7. The van der Waals surface area contributed by atoms with Gasteiger partial charge in [0, 0.05) is 29.9 Å². The van der Waals surface area contributed by atoms with Gasteiger partial charge in [0.05, 0.1) is 0 Å². The van der Waals surface area contributed by atoms with E-state index in [0.717, 1.165) is 51.7 Å². The van der Waals surface area contributed by atoms with Crippen LogP contribution in [0.4, 0.5) is 5.69 Å². The molecule has 0 radical (unpaired) electrons. The van der Waals surface area contributed by atoms with Gasteiger partial charge < -0.3 is 20.4 Å². The first-order valence-electron chi connectivity index (χ1n) is 13.7. The third kappa shape index (κ3) is 7.46. The zero-order chi connectivity index (χ0) is 24.3. The summed E-state index contributed by atoms with van der Waals surface area (Å²) in [4.78, 5) is 33.7. The summed E-state index contributed by atoms with van der Waals surface area (Å²) in [6, 6.07) is 7.76.